The Morgan fingerprint density at radius 1 is 1.30 bits per heavy atom. The van der Waals surface area contributed by atoms with Crippen LogP contribution in [0.3, 0.4) is 0 Å². The molecular weight excluding hydrogens is 348 g/mol. The van der Waals surface area contributed by atoms with Crippen molar-refractivity contribution in [3.8, 4) is 0 Å². The lowest BCUT2D eigenvalue weighted by Gasteiger charge is -2.32. The maximum Gasteiger partial charge on any atom is 0.291 e. The number of carbonyl (C=O) groups excluding carboxylic acids is 1. The minimum Gasteiger partial charge on any atom is -0.438 e. The van der Waals surface area contributed by atoms with Crippen LogP contribution in [0.1, 0.15) is 66.0 Å². The zero-order valence-electron chi connectivity index (χ0n) is 15.7. The van der Waals surface area contributed by atoms with Crippen LogP contribution in [0, 0.1) is 12.8 Å². The maximum atomic E-state index is 12.6. The van der Waals surface area contributed by atoms with Crippen LogP contribution in [-0.4, -0.2) is 52.2 Å². The molecule has 4 heterocycles. The van der Waals surface area contributed by atoms with Crippen molar-refractivity contribution in [1.29, 1.82) is 0 Å². The van der Waals surface area contributed by atoms with Crippen molar-refractivity contribution in [3.05, 3.63) is 29.6 Å². The van der Waals surface area contributed by atoms with Crippen molar-refractivity contribution in [2.75, 3.05) is 26.3 Å². The average molecular weight is 374 g/mol. The van der Waals surface area contributed by atoms with Gasteiger partial charge in [-0.15, -0.1) is 0 Å². The summed E-state index contributed by atoms with van der Waals surface area (Å²) in [6.07, 6.45) is 7.07. The Labute approximate surface area is 158 Å². The zero-order chi connectivity index (χ0) is 18.6. The van der Waals surface area contributed by atoms with Gasteiger partial charge in [0.05, 0.1) is 5.69 Å². The van der Waals surface area contributed by atoms with Gasteiger partial charge in [-0.3, -0.25) is 4.79 Å². The van der Waals surface area contributed by atoms with E-state index in [1.54, 1.807) is 6.92 Å². The number of nitrogens with zero attached hydrogens (tertiary/aromatic N) is 4. The average Bonchev–Trinajstić information content (AvgIpc) is 3.36. The molecule has 0 saturated carbocycles. The van der Waals surface area contributed by atoms with Gasteiger partial charge in [-0.05, 0) is 44.9 Å². The van der Waals surface area contributed by atoms with E-state index >= 15 is 0 Å². The Balaban J connectivity index is 1.30. The zero-order valence-corrected chi connectivity index (χ0v) is 15.7. The largest absolute Gasteiger partial charge is 0.438 e. The summed E-state index contributed by atoms with van der Waals surface area (Å²) in [5.41, 5.74) is 0.648. The van der Waals surface area contributed by atoms with Crippen LogP contribution in [0.2, 0.25) is 0 Å². The lowest BCUT2D eigenvalue weighted by atomic mass is 9.93. The molecule has 2 saturated heterocycles. The van der Waals surface area contributed by atoms with E-state index < -0.39 is 0 Å². The number of likely N-dealkylation sites (tertiary alicyclic amines) is 1. The maximum absolute atomic E-state index is 12.6. The first-order valence-corrected chi connectivity index (χ1v) is 9.80. The second-order valence-corrected chi connectivity index (χ2v) is 7.50. The van der Waals surface area contributed by atoms with Gasteiger partial charge in [0, 0.05) is 38.6 Å². The molecule has 0 N–H and O–H groups in total. The Kier molecular flexibility index (Phi) is 5.52. The minimum atomic E-state index is -0.0592. The van der Waals surface area contributed by atoms with Gasteiger partial charge < -0.3 is 18.6 Å². The first-order chi connectivity index (χ1) is 13.2. The van der Waals surface area contributed by atoms with Gasteiger partial charge in [-0.25, -0.2) is 4.98 Å². The highest BCUT2D eigenvalue weighted by atomic mass is 16.5. The molecule has 8 nitrogen and oxygen atoms in total. The van der Waals surface area contributed by atoms with E-state index in [-0.39, 0.29) is 5.91 Å². The molecule has 2 fully saturated rings. The van der Waals surface area contributed by atoms with Crippen LogP contribution in [-0.2, 0) is 11.2 Å². The SMILES string of the molecule is Cc1ncoc1C(=O)N1CCCC(CCc2noc(C3CCOCC3)n2)C1. The standard InChI is InChI=1S/C19H26N4O4/c1-13-17(26-12-20-13)19(24)23-8-2-3-14(11-23)4-5-16-21-18(27-22-16)15-6-9-25-10-7-15/h12,14-15H,2-11H2,1H3. The summed E-state index contributed by atoms with van der Waals surface area (Å²) >= 11 is 0. The topological polar surface area (TPSA) is 94.5 Å². The number of oxazole rings is 1. The Morgan fingerprint density at radius 3 is 2.93 bits per heavy atom. The van der Waals surface area contributed by atoms with E-state index in [0.717, 1.165) is 76.5 Å². The molecule has 0 aromatic carbocycles. The van der Waals surface area contributed by atoms with E-state index in [1.807, 2.05) is 4.90 Å². The van der Waals surface area contributed by atoms with Gasteiger partial charge in [0.1, 0.15) is 0 Å². The van der Waals surface area contributed by atoms with Crippen molar-refractivity contribution in [1.82, 2.24) is 20.0 Å². The van der Waals surface area contributed by atoms with Crippen LogP contribution < -0.4 is 0 Å². The molecule has 0 radical (unpaired) electrons. The van der Waals surface area contributed by atoms with Gasteiger partial charge in [-0.2, -0.15) is 4.98 Å². The van der Waals surface area contributed by atoms with Crippen LogP contribution in [0.5, 0.6) is 0 Å². The number of ether oxygens (including phenoxy) is 1. The molecule has 2 aromatic heterocycles. The second kappa shape index (κ2) is 8.21. The fraction of sp³-hybridized carbons (Fsp3) is 0.684. The summed E-state index contributed by atoms with van der Waals surface area (Å²) < 4.78 is 16.1. The molecule has 8 heteroatoms. The third-order valence-electron chi connectivity index (χ3n) is 5.58. The van der Waals surface area contributed by atoms with Crippen molar-refractivity contribution in [3.63, 3.8) is 0 Å². The first kappa shape index (κ1) is 18.2. The molecule has 1 atom stereocenters. The van der Waals surface area contributed by atoms with E-state index in [0.29, 0.717) is 23.3 Å². The molecule has 2 aliphatic rings. The van der Waals surface area contributed by atoms with Gasteiger partial charge in [0.15, 0.2) is 12.2 Å². The fourth-order valence-electron chi connectivity index (χ4n) is 3.95. The summed E-state index contributed by atoms with van der Waals surface area (Å²) in [6.45, 7) is 4.83. The van der Waals surface area contributed by atoms with Crippen LogP contribution >= 0.6 is 0 Å². The molecule has 27 heavy (non-hydrogen) atoms. The molecule has 146 valence electrons. The number of carbonyl (C=O) groups is 1. The lowest BCUT2D eigenvalue weighted by Crippen LogP contribution is -2.40. The predicted octanol–water partition coefficient (Wildman–Crippen LogP) is 2.75. The van der Waals surface area contributed by atoms with Crippen molar-refractivity contribution in [2.24, 2.45) is 5.92 Å². The highest BCUT2D eigenvalue weighted by Crippen LogP contribution is 2.26. The number of hydrogen-bond donors (Lipinski definition) is 0. The Hall–Kier alpha value is -2.22. The van der Waals surface area contributed by atoms with Gasteiger partial charge >= 0.3 is 0 Å². The molecular formula is C19H26N4O4. The van der Waals surface area contributed by atoms with E-state index in [4.69, 9.17) is 13.7 Å². The molecule has 2 aliphatic heterocycles. The number of hydrogen-bond acceptors (Lipinski definition) is 7. The lowest BCUT2D eigenvalue weighted by molar-refractivity contribution is 0.0635. The summed E-state index contributed by atoms with van der Waals surface area (Å²) in [5.74, 6) is 2.58. The number of aryl methyl sites for hydroxylation is 2. The molecule has 0 aliphatic carbocycles. The third kappa shape index (κ3) is 4.21. The number of amides is 1. The smallest absolute Gasteiger partial charge is 0.291 e. The van der Waals surface area contributed by atoms with Gasteiger partial charge in [-0.1, -0.05) is 5.16 Å². The molecule has 4 rings (SSSR count). The number of piperidine rings is 1. The normalized spacial score (nSPS) is 21.5. The molecule has 1 unspecified atom stereocenters. The molecule has 0 bridgehead atoms. The van der Waals surface area contributed by atoms with Crippen LogP contribution in [0.4, 0.5) is 0 Å². The summed E-state index contributed by atoms with van der Waals surface area (Å²) in [4.78, 5) is 23.1. The van der Waals surface area contributed by atoms with Crippen LogP contribution in [0.15, 0.2) is 15.3 Å². The summed E-state index contributed by atoms with van der Waals surface area (Å²) in [6, 6.07) is 0. The van der Waals surface area contributed by atoms with Crippen LogP contribution in [0.25, 0.3) is 0 Å². The van der Waals surface area contributed by atoms with E-state index in [9.17, 15) is 4.79 Å². The number of aromatic nitrogens is 3. The monoisotopic (exact) mass is 374 g/mol. The Morgan fingerprint density at radius 2 is 2.15 bits per heavy atom. The fourth-order valence-corrected chi connectivity index (χ4v) is 3.95. The highest BCUT2D eigenvalue weighted by molar-refractivity contribution is 5.92. The quantitative estimate of drug-likeness (QED) is 0.794. The Bertz CT molecular complexity index is 765. The summed E-state index contributed by atoms with van der Waals surface area (Å²) in [5, 5.41) is 4.15. The summed E-state index contributed by atoms with van der Waals surface area (Å²) in [7, 11) is 0. The second-order valence-electron chi connectivity index (χ2n) is 7.50. The predicted molar refractivity (Wildman–Crippen MR) is 95.3 cm³/mol. The highest BCUT2D eigenvalue weighted by Gasteiger charge is 2.28. The van der Waals surface area contributed by atoms with Crippen molar-refractivity contribution < 1.29 is 18.5 Å². The number of rotatable bonds is 5. The minimum absolute atomic E-state index is 0.0592. The third-order valence-corrected chi connectivity index (χ3v) is 5.58. The van der Waals surface area contributed by atoms with Gasteiger partial charge in [0.2, 0.25) is 11.7 Å². The van der Waals surface area contributed by atoms with Crippen molar-refractivity contribution >= 4 is 5.91 Å². The molecule has 2 aromatic rings. The van der Waals surface area contributed by atoms with E-state index in [1.165, 1.54) is 6.39 Å². The first-order valence-electron chi connectivity index (χ1n) is 9.80. The van der Waals surface area contributed by atoms with Gasteiger partial charge in [0.25, 0.3) is 5.91 Å². The van der Waals surface area contributed by atoms with Crippen molar-refractivity contribution in [2.45, 2.75) is 51.4 Å². The molecule has 1 amide bonds. The van der Waals surface area contributed by atoms with E-state index in [2.05, 4.69) is 15.1 Å². The molecule has 0 spiro atoms.